The quantitative estimate of drug-likeness (QED) is 0.179. The number of rotatable bonds is 4. The summed E-state index contributed by atoms with van der Waals surface area (Å²) in [6, 6.07) is 0. The van der Waals surface area contributed by atoms with E-state index in [2.05, 4.69) is 0 Å². The van der Waals surface area contributed by atoms with E-state index in [1.807, 2.05) is 0 Å². The van der Waals surface area contributed by atoms with Gasteiger partial charge in [-0.3, -0.25) is 0 Å². The van der Waals surface area contributed by atoms with Crippen molar-refractivity contribution in [3.05, 3.63) is 27.2 Å². The van der Waals surface area contributed by atoms with Crippen LogP contribution in [0.15, 0.2) is 20.8 Å². The molecule has 0 bridgehead atoms. The maximum absolute atomic E-state index is 14.9. The van der Waals surface area contributed by atoms with Crippen LogP contribution in [0.1, 0.15) is 19.8 Å². The highest BCUT2D eigenvalue weighted by atomic mass is 127. The molecule has 0 aromatic carbocycles. The largest absolute Gasteiger partial charge is 0.457 e. The third kappa shape index (κ3) is 4.96. The van der Waals surface area contributed by atoms with E-state index in [0.717, 1.165) is 0 Å². The lowest BCUT2D eigenvalue weighted by molar-refractivity contribution is -0.372. The van der Waals surface area contributed by atoms with Gasteiger partial charge in [0.2, 0.25) is 0 Å². The van der Waals surface area contributed by atoms with Crippen molar-refractivity contribution in [3.63, 3.8) is 0 Å². The molecule has 0 N–H and O–H groups in total. The molecular formula is C14H10Cl3F9I. The van der Waals surface area contributed by atoms with Gasteiger partial charge in [0.1, 0.15) is 0 Å². The van der Waals surface area contributed by atoms with E-state index in [1.54, 1.807) is 0 Å². The van der Waals surface area contributed by atoms with Gasteiger partial charge >= 0.3 is 23.9 Å². The second-order valence-corrected chi connectivity index (χ2v) is 9.34. The van der Waals surface area contributed by atoms with E-state index < -0.39 is 51.2 Å². The molecule has 0 aliphatic heterocycles. The average Bonchev–Trinajstić information content (AvgIpc) is 2.44. The van der Waals surface area contributed by atoms with E-state index >= 15 is 0 Å². The first-order valence-corrected chi connectivity index (χ1v) is 9.24. The molecule has 0 aromatic heterocycles. The molecule has 0 spiro atoms. The van der Waals surface area contributed by atoms with Gasteiger partial charge in [-0.25, -0.2) is 4.39 Å². The van der Waals surface area contributed by atoms with Gasteiger partial charge in [0.25, 0.3) is 0 Å². The Kier molecular flexibility index (Phi) is 7.50. The van der Waals surface area contributed by atoms with E-state index in [9.17, 15) is 39.5 Å². The number of allylic oxidation sites excluding steroid dienone is 4. The summed E-state index contributed by atoms with van der Waals surface area (Å²) in [5, 5.41) is 0. The van der Waals surface area contributed by atoms with Crippen molar-refractivity contribution in [3.8, 4) is 0 Å². The highest BCUT2D eigenvalue weighted by Crippen LogP contribution is 2.60. The fraction of sp³-hybridized carbons (Fsp3) is 0.643. The van der Waals surface area contributed by atoms with E-state index in [4.69, 9.17) is 34.8 Å². The van der Waals surface area contributed by atoms with Crippen LogP contribution in [0.25, 0.3) is 0 Å². The number of hydrogen-bond donors (Lipinski definition) is 0. The zero-order valence-corrected chi connectivity index (χ0v) is 17.5. The summed E-state index contributed by atoms with van der Waals surface area (Å²) in [5.74, 6) is -7.80. The van der Waals surface area contributed by atoms with Crippen molar-refractivity contribution < 1.29 is 39.5 Å². The van der Waals surface area contributed by atoms with Crippen molar-refractivity contribution in [2.24, 2.45) is 5.92 Å². The normalized spacial score (nSPS) is 22.6. The van der Waals surface area contributed by atoms with Gasteiger partial charge in [0.05, 0.1) is 0 Å². The van der Waals surface area contributed by atoms with E-state index in [0.29, 0.717) is 6.08 Å². The Balaban J connectivity index is 3.83. The predicted octanol–water partition coefficient (Wildman–Crippen LogP) is 8.07. The second kappa shape index (κ2) is 7.94. The minimum atomic E-state index is -6.82. The van der Waals surface area contributed by atoms with Crippen LogP contribution < -0.4 is 0 Å². The van der Waals surface area contributed by atoms with Crippen molar-refractivity contribution in [2.45, 2.75) is 47.5 Å². The highest BCUT2D eigenvalue weighted by Gasteiger charge is 2.82. The van der Waals surface area contributed by atoms with Crippen LogP contribution in [0, 0.1) is 12.3 Å². The average molecular weight is 582 g/mol. The van der Waals surface area contributed by atoms with Crippen LogP contribution in [0.5, 0.6) is 0 Å². The van der Waals surface area contributed by atoms with Crippen LogP contribution in [0.4, 0.5) is 39.5 Å². The number of alkyl halides is 12. The Labute approximate surface area is 177 Å². The van der Waals surface area contributed by atoms with Gasteiger partial charge in [0.15, 0.2) is 3.79 Å². The summed E-state index contributed by atoms with van der Waals surface area (Å²) >= 11 is 17.8. The Bertz CT molecular complexity index is 631. The van der Waals surface area contributed by atoms with E-state index in [1.165, 1.54) is 35.9 Å². The minimum absolute atomic E-state index is 0.0164. The Morgan fingerprint density at radius 1 is 0.926 bits per heavy atom. The third-order valence-electron chi connectivity index (χ3n) is 3.75. The summed E-state index contributed by atoms with van der Waals surface area (Å²) in [6.45, 7) is 1.43. The first kappa shape index (κ1) is 25.5. The lowest BCUT2D eigenvalue weighted by Gasteiger charge is -2.40. The summed E-state index contributed by atoms with van der Waals surface area (Å²) in [6.07, 6.45) is -12.8. The molecule has 1 rings (SSSR count). The molecule has 1 radical (unpaired) electrons. The van der Waals surface area contributed by atoms with Gasteiger partial charge in [-0.15, -0.1) is 0 Å². The van der Waals surface area contributed by atoms with Gasteiger partial charge in [-0.2, -0.15) is 35.1 Å². The standard InChI is InChI=1S/C14H10Cl3F9I/c1-2-6-3-8(7(9(27)4-6)5-10(15,16)17)11(18,13(21,22)23)12(19,20)14(24,25)26/h3-4,6H,2,5H2,1H3. The molecule has 157 valence electrons. The molecule has 0 saturated carbocycles. The molecule has 0 heterocycles. The molecule has 1 aliphatic carbocycles. The smallest absolute Gasteiger partial charge is 0.221 e. The first-order chi connectivity index (χ1) is 11.8. The fourth-order valence-corrected chi connectivity index (χ4v) is 3.76. The SMILES string of the molecule is CCC1[CH]C(I)=C(CC(Cl)(Cl)Cl)C(C(F)(C(F)(F)F)C(F)(F)C(F)(F)F)=C1. The fourth-order valence-electron chi connectivity index (χ4n) is 2.41. The molecule has 0 nitrogen and oxygen atoms in total. The van der Waals surface area contributed by atoms with Crippen molar-refractivity contribution >= 4 is 57.4 Å². The van der Waals surface area contributed by atoms with Gasteiger partial charge in [0, 0.05) is 18.4 Å². The predicted molar refractivity (Wildman–Crippen MR) is 93.0 cm³/mol. The van der Waals surface area contributed by atoms with Crippen LogP contribution >= 0.6 is 57.4 Å². The monoisotopic (exact) mass is 581 g/mol. The van der Waals surface area contributed by atoms with Crippen molar-refractivity contribution in [1.29, 1.82) is 0 Å². The summed E-state index contributed by atoms with van der Waals surface area (Å²) in [5.41, 5.74) is -8.85. The molecule has 0 amide bonds. The van der Waals surface area contributed by atoms with Crippen molar-refractivity contribution in [2.75, 3.05) is 0 Å². The van der Waals surface area contributed by atoms with Crippen LogP contribution in [-0.2, 0) is 0 Å². The summed E-state index contributed by atoms with van der Waals surface area (Å²) in [7, 11) is 0. The van der Waals surface area contributed by atoms with Gasteiger partial charge in [-0.05, 0) is 44.1 Å². The highest BCUT2D eigenvalue weighted by molar-refractivity contribution is 14.1. The maximum atomic E-state index is 14.9. The lowest BCUT2D eigenvalue weighted by Crippen LogP contribution is -2.63. The molecule has 1 aliphatic rings. The first-order valence-electron chi connectivity index (χ1n) is 7.02. The van der Waals surface area contributed by atoms with Crippen molar-refractivity contribution in [1.82, 2.24) is 0 Å². The van der Waals surface area contributed by atoms with E-state index in [-0.39, 0.29) is 10.0 Å². The molecule has 0 fully saturated rings. The summed E-state index contributed by atoms with van der Waals surface area (Å²) in [4.78, 5) is 0. The Morgan fingerprint density at radius 2 is 1.41 bits per heavy atom. The molecule has 0 aromatic rings. The zero-order valence-electron chi connectivity index (χ0n) is 13.1. The molecule has 0 saturated heterocycles. The summed E-state index contributed by atoms with van der Waals surface area (Å²) < 4.78 is 118. The molecule has 27 heavy (non-hydrogen) atoms. The van der Waals surface area contributed by atoms with Crippen LogP contribution in [0.3, 0.4) is 0 Å². The Morgan fingerprint density at radius 3 is 1.74 bits per heavy atom. The second-order valence-electron chi connectivity index (χ2n) is 5.67. The lowest BCUT2D eigenvalue weighted by atomic mass is 9.76. The molecule has 2 unspecified atom stereocenters. The van der Waals surface area contributed by atoms with Crippen LogP contribution in [0.2, 0.25) is 0 Å². The number of hydrogen-bond acceptors (Lipinski definition) is 0. The maximum Gasteiger partial charge on any atom is 0.457 e. The minimum Gasteiger partial charge on any atom is -0.221 e. The molecule has 2 atom stereocenters. The number of halogens is 13. The van der Waals surface area contributed by atoms with Crippen LogP contribution in [-0.4, -0.2) is 27.7 Å². The van der Waals surface area contributed by atoms with Gasteiger partial charge < -0.3 is 0 Å². The topological polar surface area (TPSA) is 0 Å². The molecule has 13 heteroatoms. The Hall–Kier alpha value is 0.450. The zero-order chi connectivity index (χ0) is 21.6. The molecular weight excluding hydrogens is 572 g/mol. The van der Waals surface area contributed by atoms with Gasteiger partial charge in [-0.1, -0.05) is 47.8 Å². The third-order valence-corrected chi connectivity index (χ3v) is 5.17.